The van der Waals surface area contributed by atoms with Crippen LogP contribution in [0.5, 0.6) is 11.5 Å². The van der Waals surface area contributed by atoms with E-state index in [4.69, 9.17) is 9.47 Å². The van der Waals surface area contributed by atoms with Gasteiger partial charge in [-0.15, -0.1) is 0 Å². The van der Waals surface area contributed by atoms with Gasteiger partial charge in [-0.1, -0.05) is 75.4 Å². The molecule has 6 heteroatoms. The van der Waals surface area contributed by atoms with E-state index in [1.807, 2.05) is 54.6 Å². The average molecular weight is 545 g/mol. The quantitative estimate of drug-likeness (QED) is 0.197. The highest BCUT2D eigenvalue weighted by Crippen LogP contribution is 2.37. The maximum Gasteiger partial charge on any atom is 0.271 e. The molecule has 0 spiro atoms. The van der Waals surface area contributed by atoms with Gasteiger partial charge in [-0.05, 0) is 73.1 Å². The van der Waals surface area contributed by atoms with Gasteiger partial charge in [0, 0.05) is 5.56 Å². The lowest BCUT2D eigenvalue weighted by Gasteiger charge is -2.18. The Morgan fingerprint density at radius 1 is 1.00 bits per heavy atom. The Morgan fingerprint density at radius 3 is 2.44 bits per heavy atom. The summed E-state index contributed by atoms with van der Waals surface area (Å²) in [6.45, 7) is 6.81. The molecule has 0 saturated heterocycles. The van der Waals surface area contributed by atoms with Gasteiger partial charge in [0.15, 0.2) is 11.5 Å². The van der Waals surface area contributed by atoms with E-state index in [1.54, 1.807) is 13.3 Å². The number of ether oxygens (including phenoxy) is 2. The lowest BCUT2D eigenvalue weighted by atomic mass is 9.87. The number of rotatable bonds is 7. The molecule has 0 bridgehead atoms. The largest absolute Gasteiger partial charge is 0.493 e. The molecule has 0 heterocycles. The number of methoxy groups -OCH3 is 1. The third-order valence-electron chi connectivity index (χ3n) is 5.90. The van der Waals surface area contributed by atoms with Crippen LogP contribution in [0, 0.1) is 0 Å². The Bertz CT molecular complexity index is 1400. The summed E-state index contributed by atoms with van der Waals surface area (Å²) < 4.78 is 12.5. The van der Waals surface area contributed by atoms with E-state index in [0.717, 1.165) is 21.0 Å². The van der Waals surface area contributed by atoms with Crippen LogP contribution in [0.4, 0.5) is 0 Å². The predicted octanol–water partition coefficient (Wildman–Crippen LogP) is 7.25. The molecule has 4 aromatic rings. The van der Waals surface area contributed by atoms with Gasteiger partial charge in [0.25, 0.3) is 5.91 Å². The van der Waals surface area contributed by atoms with Crippen LogP contribution in [0.3, 0.4) is 0 Å². The van der Waals surface area contributed by atoms with Crippen molar-refractivity contribution in [1.82, 2.24) is 5.43 Å². The Morgan fingerprint density at radius 2 is 1.72 bits per heavy atom. The minimum Gasteiger partial charge on any atom is -0.493 e. The number of hydrogen-bond donors (Lipinski definition) is 1. The molecule has 4 aromatic carbocycles. The zero-order valence-corrected chi connectivity index (χ0v) is 22.4. The summed E-state index contributed by atoms with van der Waals surface area (Å²) in [7, 11) is 1.59. The summed E-state index contributed by atoms with van der Waals surface area (Å²) in [5.74, 6) is 0.897. The van der Waals surface area contributed by atoms with Crippen molar-refractivity contribution in [3.63, 3.8) is 0 Å². The number of fused-ring (bicyclic) bond motifs is 1. The molecule has 4 rings (SSSR count). The first-order valence-corrected chi connectivity index (χ1v) is 12.5. The van der Waals surface area contributed by atoms with Crippen LogP contribution in [-0.2, 0) is 12.0 Å². The first kappa shape index (κ1) is 25.5. The molecule has 0 aliphatic carbocycles. The zero-order chi connectivity index (χ0) is 25.7. The van der Waals surface area contributed by atoms with Gasteiger partial charge in [0.05, 0.1) is 17.8 Å². The van der Waals surface area contributed by atoms with Gasteiger partial charge in [0.2, 0.25) is 0 Å². The molecule has 5 nitrogen and oxygen atoms in total. The maximum atomic E-state index is 12.5. The summed E-state index contributed by atoms with van der Waals surface area (Å²) in [6.07, 6.45) is 1.57. The van der Waals surface area contributed by atoms with E-state index in [9.17, 15) is 4.79 Å². The molecule has 0 aromatic heterocycles. The Labute approximate surface area is 220 Å². The van der Waals surface area contributed by atoms with Crippen molar-refractivity contribution in [3.8, 4) is 11.5 Å². The maximum absolute atomic E-state index is 12.5. The molecule has 0 radical (unpaired) electrons. The van der Waals surface area contributed by atoms with Crippen molar-refractivity contribution < 1.29 is 14.3 Å². The summed E-state index contributed by atoms with van der Waals surface area (Å²) in [6, 6.07) is 25.7. The molecule has 36 heavy (non-hydrogen) atoms. The van der Waals surface area contributed by atoms with Crippen molar-refractivity contribution in [1.29, 1.82) is 0 Å². The molecule has 0 fully saturated rings. The molecule has 1 amide bonds. The number of carbonyl (C=O) groups excluding carboxylic acids is 1. The van der Waals surface area contributed by atoms with Crippen LogP contribution in [0.15, 0.2) is 88.4 Å². The fourth-order valence-corrected chi connectivity index (χ4v) is 4.45. The second-order valence-corrected chi connectivity index (χ2v) is 10.3. The van der Waals surface area contributed by atoms with Crippen LogP contribution < -0.4 is 14.9 Å². The summed E-state index contributed by atoms with van der Waals surface area (Å²) in [4.78, 5) is 12.5. The lowest BCUT2D eigenvalue weighted by Crippen LogP contribution is -2.18. The average Bonchev–Trinajstić information content (AvgIpc) is 2.87. The summed E-state index contributed by atoms with van der Waals surface area (Å²) in [5.41, 5.74) is 6.18. The highest BCUT2D eigenvalue weighted by molar-refractivity contribution is 9.10. The van der Waals surface area contributed by atoms with Gasteiger partial charge >= 0.3 is 0 Å². The van der Waals surface area contributed by atoms with E-state index in [2.05, 4.69) is 71.5 Å². The van der Waals surface area contributed by atoms with Crippen molar-refractivity contribution in [2.24, 2.45) is 5.10 Å². The topological polar surface area (TPSA) is 59.9 Å². The smallest absolute Gasteiger partial charge is 0.271 e. The first-order chi connectivity index (χ1) is 17.3. The molecule has 184 valence electrons. The van der Waals surface area contributed by atoms with Crippen LogP contribution in [0.1, 0.15) is 47.8 Å². The molecular weight excluding hydrogens is 516 g/mol. The van der Waals surface area contributed by atoms with Crippen molar-refractivity contribution in [2.75, 3.05) is 7.11 Å². The van der Waals surface area contributed by atoms with Gasteiger partial charge in [-0.25, -0.2) is 5.43 Å². The SMILES string of the molecule is COc1cc(/C=N\NC(=O)c2ccc(C(C)(C)C)cc2)cc(Br)c1OCc1cccc2ccccc12. The van der Waals surface area contributed by atoms with Crippen LogP contribution in [0.2, 0.25) is 0 Å². The number of benzene rings is 4. The van der Waals surface area contributed by atoms with Crippen LogP contribution in [-0.4, -0.2) is 19.2 Å². The molecule has 0 saturated carbocycles. The summed E-state index contributed by atoms with van der Waals surface area (Å²) >= 11 is 3.59. The highest BCUT2D eigenvalue weighted by Gasteiger charge is 2.15. The minimum atomic E-state index is -0.271. The second-order valence-electron chi connectivity index (χ2n) is 9.49. The minimum absolute atomic E-state index is 0.0321. The predicted molar refractivity (Wildman–Crippen MR) is 149 cm³/mol. The number of hydrogen-bond acceptors (Lipinski definition) is 4. The normalized spacial score (nSPS) is 11.6. The van der Waals surface area contributed by atoms with E-state index >= 15 is 0 Å². The van der Waals surface area contributed by atoms with Crippen molar-refractivity contribution in [2.45, 2.75) is 32.8 Å². The van der Waals surface area contributed by atoms with Gasteiger partial charge < -0.3 is 9.47 Å². The Kier molecular flexibility index (Phi) is 7.75. The Hall–Kier alpha value is -3.64. The molecule has 0 unspecified atom stereocenters. The highest BCUT2D eigenvalue weighted by atomic mass is 79.9. The van der Waals surface area contributed by atoms with Crippen LogP contribution in [0.25, 0.3) is 10.8 Å². The third kappa shape index (κ3) is 5.94. The summed E-state index contributed by atoms with van der Waals surface area (Å²) in [5, 5.41) is 6.45. The number of nitrogens with one attached hydrogen (secondary N) is 1. The molecular formula is C30H29BrN2O3. The van der Waals surface area contributed by atoms with E-state index < -0.39 is 0 Å². The monoisotopic (exact) mass is 544 g/mol. The van der Waals surface area contributed by atoms with Crippen molar-refractivity contribution >= 4 is 38.8 Å². The lowest BCUT2D eigenvalue weighted by molar-refractivity contribution is 0.0955. The zero-order valence-electron chi connectivity index (χ0n) is 20.8. The first-order valence-electron chi connectivity index (χ1n) is 11.7. The number of halogens is 1. The number of hydrazone groups is 1. The second kappa shape index (κ2) is 11.0. The Balaban J connectivity index is 1.44. The molecule has 0 aliphatic heterocycles. The van der Waals surface area contributed by atoms with E-state index in [1.165, 1.54) is 10.9 Å². The van der Waals surface area contributed by atoms with E-state index in [0.29, 0.717) is 23.7 Å². The number of carbonyl (C=O) groups is 1. The van der Waals surface area contributed by atoms with Crippen molar-refractivity contribution in [3.05, 3.63) is 106 Å². The van der Waals surface area contributed by atoms with E-state index in [-0.39, 0.29) is 11.3 Å². The molecule has 0 atom stereocenters. The number of amides is 1. The van der Waals surface area contributed by atoms with Crippen LogP contribution >= 0.6 is 15.9 Å². The standard InChI is InChI=1S/C30H29BrN2O3/c1-30(2,3)24-14-12-22(13-15-24)29(34)33-32-18-20-16-26(31)28(27(17-20)35-4)36-19-23-10-7-9-21-8-5-6-11-25(21)23/h5-18H,19H2,1-4H3,(H,33,34)/b32-18-. The third-order valence-corrected chi connectivity index (χ3v) is 6.49. The van der Waals surface area contributed by atoms with Gasteiger partial charge in [-0.2, -0.15) is 5.10 Å². The molecule has 0 aliphatic rings. The fourth-order valence-electron chi connectivity index (χ4n) is 3.87. The molecule has 1 N–H and O–H groups in total. The van der Waals surface area contributed by atoms with Gasteiger partial charge in [0.1, 0.15) is 6.61 Å². The fraction of sp³-hybridized carbons (Fsp3) is 0.200. The van der Waals surface area contributed by atoms with Gasteiger partial charge in [-0.3, -0.25) is 4.79 Å². The number of nitrogens with zero attached hydrogens (tertiary/aromatic N) is 1.